The number of hydrogen-bond donors (Lipinski definition) is 1. The van der Waals surface area contributed by atoms with Crippen LogP contribution in [0.1, 0.15) is 25.8 Å². The highest BCUT2D eigenvalue weighted by Crippen LogP contribution is 2.41. The van der Waals surface area contributed by atoms with Gasteiger partial charge in [0, 0.05) is 43.1 Å². The zero-order valence-corrected chi connectivity index (χ0v) is 16.8. The number of hydrogen-bond acceptors (Lipinski definition) is 4. The van der Waals surface area contributed by atoms with E-state index >= 15 is 0 Å². The molecule has 1 fully saturated rings. The summed E-state index contributed by atoms with van der Waals surface area (Å²) in [5, 5.41) is 2.89. The number of carbonyl (C=O) groups is 2. The van der Waals surface area contributed by atoms with Crippen molar-refractivity contribution in [1.29, 1.82) is 0 Å². The first-order chi connectivity index (χ1) is 13.9. The van der Waals surface area contributed by atoms with Crippen LogP contribution in [-0.4, -0.2) is 37.1 Å². The van der Waals surface area contributed by atoms with Gasteiger partial charge in [0.1, 0.15) is 5.60 Å². The predicted octanol–water partition coefficient (Wildman–Crippen LogP) is 2.95. The number of para-hydroxylation sites is 2. The standard InChI is InChI=1S/C23H26N2O4/c1-23(2)12-17-7-6-10-19(22(17)29-23)28-15-20(26)24-13-16-11-21(27)25(14-16)18-8-4-3-5-9-18/h3-10,16H,11-15H2,1-2H3,(H,24,26). The van der Waals surface area contributed by atoms with Crippen LogP contribution in [0.5, 0.6) is 11.5 Å². The van der Waals surface area contributed by atoms with E-state index in [9.17, 15) is 9.59 Å². The second kappa shape index (κ2) is 7.78. The third kappa shape index (κ3) is 4.36. The molecule has 2 heterocycles. The van der Waals surface area contributed by atoms with Crippen LogP contribution >= 0.6 is 0 Å². The SMILES string of the molecule is CC1(C)Cc2cccc(OCC(=O)NCC3CC(=O)N(c4ccccc4)C3)c2O1. The van der Waals surface area contributed by atoms with Gasteiger partial charge in [0.25, 0.3) is 5.91 Å². The summed E-state index contributed by atoms with van der Waals surface area (Å²) in [4.78, 5) is 26.3. The summed E-state index contributed by atoms with van der Waals surface area (Å²) in [6, 6.07) is 15.4. The maximum atomic E-state index is 12.3. The lowest BCUT2D eigenvalue weighted by Gasteiger charge is -2.18. The molecule has 152 valence electrons. The molecule has 0 spiro atoms. The Morgan fingerprint density at radius 1 is 1.21 bits per heavy atom. The number of nitrogens with zero attached hydrogens (tertiary/aromatic N) is 1. The fourth-order valence-corrected chi connectivity index (χ4v) is 3.93. The van der Waals surface area contributed by atoms with Gasteiger partial charge >= 0.3 is 0 Å². The Labute approximate surface area is 170 Å². The molecule has 1 saturated heterocycles. The average molecular weight is 394 g/mol. The number of fused-ring (bicyclic) bond motifs is 1. The molecule has 2 aromatic carbocycles. The van der Waals surface area contributed by atoms with Crippen molar-refractivity contribution in [1.82, 2.24) is 5.32 Å². The van der Waals surface area contributed by atoms with Crippen molar-refractivity contribution in [3.63, 3.8) is 0 Å². The minimum absolute atomic E-state index is 0.0801. The molecule has 0 radical (unpaired) electrons. The van der Waals surface area contributed by atoms with Gasteiger partial charge in [-0.25, -0.2) is 0 Å². The Morgan fingerprint density at radius 2 is 2.00 bits per heavy atom. The lowest BCUT2D eigenvalue weighted by Crippen LogP contribution is -2.34. The maximum absolute atomic E-state index is 12.3. The molecule has 0 aliphatic carbocycles. The molecule has 2 aliphatic rings. The predicted molar refractivity (Wildman–Crippen MR) is 110 cm³/mol. The molecule has 6 nitrogen and oxygen atoms in total. The monoisotopic (exact) mass is 394 g/mol. The number of rotatable bonds is 6. The molecular weight excluding hydrogens is 368 g/mol. The third-order valence-electron chi connectivity index (χ3n) is 5.27. The van der Waals surface area contributed by atoms with E-state index < -0.39 is 0 Å². The van der Waals surface area contributed by atoms with Crippen LogP contribution < -0.4 is 19.7 Å². The molecule has 0 saturated carbocycles. The van der Waals surface area contributed by atoms with Crippen molar-refractivity contribution in [2.24, 2.45) is 5.92 Å². The zero-order valence-electron chi connectivity index (χ0n) is 16.8. The Balaban J connectivity index is 1.27. The van der Waals surface area contributed by atoms with Gasteiger partial charge in [-0.3, -0.25) is 9.59 Å². The van der Waals surface area contributed by atoms with Gasteiger partial charge in [0.2, 0.25) is 5.91 Å². The first-order valence-corrected chi connectivity index (χ1v) is 9.97. The van der Waals surface area contributed by atoms with E-state index in [4.69, 9.17) is 9.47 Å². The van der Waals surface area contributed by atoms with Gasteiger partial charge in [-0.1, -0.05) is 30.3 Å². The van der Waals surface area contributed by atoms with Crippen LogP contribution in [0.3, 0.4) is 0 Å². The first-order valence-electron chi connectivity index (χ1n) is 9.97. The number of amides is 2. The van der Waals surface area contributed by atoms with Crippen LogP contribution in [0, 0.1) is 5.92 Å². The van der Waals surface area contributed by atoms with Crippen molar-refractivity contribution in [3.05, 3.63) is 54.1 Å². The Kier molecular flexibility index (Phi) is 5.18. The van der Waals surface area contributed by atoms with Gasteiger partial charge in [0.05, 0.1) is 0 Å². The number of carbonyl (C=O) groups excluding carboxylic acids is 2. The quantitative estimate of drug-likeness (QED) is 0.818. The van der Waals surface area contributed by atoms with Crippen molar-refractivity contribution < 1.29 is 19.1 Å². The molecule has 0 bridgehead atoms. The van der Waals surface area contributed by atoms with Gasteiger partial charge < -0.3 is 19.7 Å². The highest BCUT2D eigenvalue weighted by atomic mass is 16.5. The fourth-order valence-electron chi connectivity index (χ4n) is 3.93. The number of anilines is 1. The second-order valence-electron chi connectivity index (χ2n) is 8.29. The molecule has 2 amide bonds. The molecule has 2 aliphatic heterocycles. The topological polar surface area (TPSA) is 67.9 Å². The summed E-state index contributed by atoms with van der Waals surface area (Å²) in [7, 11) is 0. The van der Waals surface area contributed by atoms with E-state index in [2.05, 4.69) is 5.32 Å². The van der Waals surface area contributed by atoms with E-state index in [0.717, 1.165) is 23.4 Å². The molecule has 1 N–H and O–H groups in total. The van der Waals surface area contributed by atoms with Gasteiger partial charge in [0.15, 0.2) is 18.1 Å². The Bertz CT molecular complexity index is 910. The molecular formula is C23H26N2O4. The summed E-state index contributed by atoms with van der Waals surface area (Å²) in [6.07, 6.45) is 1.25. The second-order valence-corrected chi connectivity index (χ2v) is 8.29. The molecule has 29 heavy (non-hydrogen) atoms. The minimum atomic E-state index is -0.260. The maximum Gasteiger partial charge on any atom is 0.257 e. The average Bonchev–Trinajstić information content (AvgIpc) is 3.23. The summed E-state index contributed by atoms with van der Waals surface area (Å²) in [6.45, 7) is 5.05. The van der Waals surface area contributed by atoms with Gasteiger partial charge in [-0.2, -0.15) is 0 Å². The molecule has 4 rings (SSSR count). The molecule has 0 aromatic heterocycles. The Morgan fingerprint density at radius 3 is 2.79 bits per heavy atom. The van der Waals surface area contributed by atoms with Crippen molar-refractivity contribution in [2.75, 3.05) is 24.6 Å². The molecule has 6 heteroatoms. The largest absolute Gasteiger partial charge is 0.483 e. The Hall–Kier alpha value is -3.02. The summed E-state index contributed by atoms with van der Waals surface area (Å²) in [5.74, 6) is 1.30. The van der Waals surface area contributed by atoms with E-state index in [0.29, 0.717) is 25.3 Å². The zero-order chi connectivity index (χ0) is 20.4. The van der Waals surface area contributed by atoms with E-state index in [1.54, 1.807) is 4.90 Å². The lowest BCUT2D eigenvalue weighted by atomic mass is 10.0. The third-order valence-corrected chi connectivity index (χ3v) is 5.27. The van der Waals surface area contributed by atoms with Gasteiger partial charge in [-0.05, 0) is 32.0 Å². The van der Waals surface area contributed by atoms with E-state index in [1.165, 1.54) is 0 Å². The van der Waals surface area contributed by atoms with Crippen molar-refractivity contribution in [2.45, 2.75) is 32.3 Å². The molecule has 2 aromatic rings. The molecule has 1 atom stereocenters. The van der Waals surface area contributed by atoms with Gasteiger partial charge in [-0.15, -0.1) is 0 Å². The summed E-state index contributed by atoms with van der Waals surface area (Å²) < 4.78 is 11.7. The van der Waals surface area contributed by atoms with Crippen molar-refractivity contribution in [3.8, 4) is 11.5 Å². The van der Waals surface area contributed by atoms with Crippen LogP contribution in [0.25, 0.3) is 0 Å². The van der Waals surface area contributed by atoms with Crippen LogP contribution in [0.15, 0.2) is 48.5 Å². The molecule has 1 unspecified atom stereocenters. The van der Waals surface area contributed by atoms with Crippen LogP contribution in [0.2, 0.25) is 0 Å². The summed E-state index contributed by atoms with van der Waals surface area (Å²) in [5.41, 5.74) is 1.73. The fraction of sp³-hybridized carbons (Fsp3) is 0.391. The van der Waals surface area contributed by atoms with Crippen LogP contribution in [0.4, 0.5) is 5.69 Å². The lowest BCUT2D eigenvalue weighted by molar-refractivity contribution is -0.123. The van der Waals surface area contributed by atoms with Crippen molar-refractivity contribution >= 4 is 17.5 Å². The van der Waals surface area contributed by atoms with Crippen LogP contribution in [-0.2, 0) is 16.0 Å². The van der Waals surface area contributed by atoms with E-state index in [-0.39, 0.29) is 29.9 Å². The first kappa shape index (κ1) is 19.3. The number of nitrogens with one attached hydrogen (secondary N) is 1. The highest BCUT2D eigenvalue weighted by Gasteiger charge is 2.33. The van der Waals surface area contributed by atoms with E-state index in [1.807, 2.05) is 62.4 Å². The summed E-state index contributed by atoms with van der Waals surface area (Å²) >= 11 is 0. The number of benzene rings is 2. The smallest absolute Gasteiger partial charge is 0.257 e. The normalized spacial score (nSPS) is 19.6. The minimum Gasteiger partial charge on any atom is -0.483 e. The number of ether oxygens (including phenoxy) is 2. The highest BCUT2D eigenvalue weighted by molar-refractivity contribution is 5.95.